The summed E-state index contributed by atoms with van der Waals surface area (Å²) in [5, 5.41) is 2.48. The van der Waals surface area contributed by atoms with Gasteiger partial charge in [-0.05, 0) is 5.56 Å². The largest absolute Gasteiger partial charge is 0.224 e. The van der Waals surface area contributed by atoms with Crippen molar-refractivity contribution in [2.24, 2.45) is 0 Å². The van der Waals surface area contributed by atoms with Crippen molar-refractivity contribution in [2.75, 3.05) is 0 Å². The number of rotatable bonds is 4. The molecular weight excluding hydrogens is 302 g/mol. The van der Waals surface area contributed by atoms with E-state index in [1.54, 1.807) is 5.38 Å². The summed E-state index contributed by atoms with van der Waals surface area (Å²) in [4.78, 5) is 4.28. The second kappa shape index (κ2) is 5.79. The SMILES string of the molecule is O=S(=O)(Cc1ccccc1)c1csc(-c2ccccc2)n1. The van der Waals surface area contributed by atoms with Crippen LogP contribution in [0.25, 0.3) is 10.6 Å². The number of hydrogen-bond acceptors (Lipinski definition) is 4. The third kappa shape index (κ3) is 3.20. The third-order valence-electron chi connectivity index (χ3n) is 3.02. The second-order valence-electron chi connectivity index (χ2n) is 4.60. The molecule has 0 atom stereocenters. The predicted octanol–water partition coefficient (Wildman–Crippen LogP) is 3.78. The van der Waals surface area contributed by atoms with E-state index in [9.17, 15) is 8.42 Å². The molecule has 106 valence electrons. The van der Waals surface area contributed by atoms with E-state index in [1.165, 1.54) is 11.3 Å². The molecule has 0 N–H and O–H groups in total. The molecule has 0 aliphatic heterocycles. The first kappa shape index (κ1) is 14.0. The molecule has 21 heavy (non-hydrogen) atoms. The van der Waals surface area contributed by atoms with Crippen molar-refractivity contribution in [2.45, 2.75) is 10.8 Å². The van der Waals surface area contributed by atoms with Crippen molar-refractivity contribution in [1.29, 1.82) is 0 Å². The first-order chi connectivity index (χ1) is 10.1. The van der Waals surface area contributed by atoms with Crippen LogP contribution in [0.3, 0.4) is 0 Å². The molecule has 1 heterocycles. The summed E-state index contributed by atoms with van der Waals surface area (Å²) >= 11 is 1.35. The summed E-state index contributed by atoms with van der Waals surface area (Å²) in [6.45, 7) is 0. The maximum atomic E-state index is 12.4. The first-order valence-electron chi connectivity index (χ1n) is 6.43. The summed E-state index contributed by atoms with van der Waals surface area (Å²) in [5.74, 6) is -0.0220. The Labute approximate surface area is 127 Å². The molecule has 0 aliphatic carbocycles. The summed E-state index contributed by atoms with van der Waals surface area (Å²) < 4.78 is 24.8. The minimum Gasteiger partial charge on any atom is -0.224 e. The van der Waals surface area contributed by atoms with Gasteiger partial charge in [-0.15, -0.1) is 11.3 Å². The zero-order chi connectivity index (χ0) is 14.7. The second-order valence-corrected chi connectivity index (χ2v) is 7.40. The van der Waals surface area contributed by atoms with Gasteiger partial charge in [0, 0.05) is 10.9 Å². The van der Waals surface area contributed by atoms with Gasteiger partial charge in [0.25, 0.3) is 0 Å². The summed E-state index contributed by atoms with van der Waals surface area (Å²) in [6, 6.07) is 18.7. The van der Waals surface area contributed by atoms with Gasteiger partial charge in [-0.25, -0.2) is 13.4 Å². The quantitative estimate of drug-likeness (QED) is 0.736. The molecule has 0 fully saturated rings. The lowest BCUT2D eigenvalue weighted by Crippen LogP contribution is -2.05. The fourth-order valence-corrected chi connectivity index (χ4v) is 4.47. The molecule has 3 nitrogen and oxygen atoms in total. The van der Waals surface area contributed by atoms with Gasteiger partial charge < -0.3 is 0 Å². The highest BCUT2D eigenvalue weighted by molar-refractivity contribution is 7.90. The summed E-state index contributed by atoms with van der Waals surface area (Å²) in [5.41, 5.74) is 1.70. The zero-order valence-electron chi connectivity index (χ0n) is 11.1. The first-order valence-corrected chi connectivity index (χ1v) is 8.96. The monoisotopic (exact) mass is 315 g/mol. The van der Waals surface area contributed by atoms with Gasteiger partial charge in [0.1, 0.15) is 5.01 Å². The molecule has 3 aromatic rings. The highest BCUT2D eigenvalue weighted by Gasteiger charge is 2.19. The lowest BCUT2D eigenvalue weighted by atomic mass is 10.2. The van der Waals surface area contributed by atoms with E-state index in [4.69, 9.17) is 0 Å². The topological polar surface area (TPSA) is 47.0 Å². The van der Waals surface area contributed by atoms with Crippen LogP contribution in [0.2, 0.25) is 0 Å². The molecule has 0 radical (unpaired) electrons. The normalized spacial score (nSPS) is 11.4. The van der Waals surface area contributed by atoms with Crippen LogP contribution in [0.5, 0.6) is 0 Å². The van der Waals surface area contributed by atoms with Gasteiger partial charge in [0.05, 0.1) is 5.75 Å². The number of nitrogens with zero attached hydrogens (tertiary/aromatic N) is 1. The van der Waals surface area contributed by atoms with Crippen LogP contribution in [0, 0.1) is 0 Å². The van der Waals surface area contributed by atoms with Crippen LogP contribution in [-0.4, -0.2) is 13.4 Å². The van der Waals surface area contributed by atoms with E-state index in [1.807, 2.05) is 60.7 Å². The van der Waals surface area contributed by atoms with Crippen molar-refractivity contribution < 1.29 is 8.42 Å². The van der Waals surface area contributed by atoms with Crippen LogP contribution in [0.1, 0.15) is 5.56 Å². The van der Waals surface area contributed by atoms with Crippen molar-refractivity contribution in [3.05, 3.63) is 71.6 Å². The van der Waals surface area contributed by atoms with E-state index in [0.29, 0.717) is 0 Å². The predicted molar refractivity (Wildman–Crippen MR) is 84.9 cm³/mol. The molecule has 0 bridgehead atoms. The lowest BCUT2D eigenvalue weighted by Gasteiger charge is -2.01. The Bertz CT molecular complexity index is 825. The number of hydrogen-bond donors (Lipinski definition) is 0. The number of aromatic nitrogens is 1. The Morgan fingerprint density at radius 2 is 1.52 bits per heavy atom. The van der Waals surface area contributed by atoms with E-state index in [2.05, 4.69) is 4.98 Å². The fourth-order valence-electron chi connectivity index (χ4n) is 1.98. The van der Waals surface area contributed by atoms with E-state index in [-0.39, 0.29) is 10.8 Å². The smallest absolute Gasteiger partial charge is 0.200 e. The molecular formula is C16H13NO2S2. The standard InChI is InChI=1S/C16H13NO2S2/c18-21(19,12-13-7-3-1-4-8-13)15-11-20-16(17-15)14-9-5-2-6-10-14/h1-11H,12H2. The zero-order valence-corrected chi connectivity index (χ0v) is 12.8. The molecule has 0 unspecified atom stereocenters. The Hall–Kier alpha value is -1.98. The van der Waals surface area contributed by atoms with Gasteiger partial charge in [-0.3, -0.25) is 0 Å². The van der Waals surface area contributed by atoms with Gasteiger partial charge in [0.15, 0.2) is 5.03 Å². The van der Waals surface area contributed by atoms with E-state index < -0.39 is 9.84 Å². The van der Waals surface area contributed by atoms with Crippen LogP contribution in [0.15, 0.2) is 71.1 Å². The van der Waals surface area contributed by atoms with E-state index in [0.717, 1.165) is 16.1 Å². The van der Waals surface area contributed by atoms with Crippen LogP contribution >= 0.6 is 11.3 Å². The van der Waals surface area contributed by atoms with Crippen LogP contribution in [-0.2, 0) is 15.6 Å². The molecule has 0 saturated carbocycles. The highest BCUT2D eigenvalue weighted by atomic mass is 32.2. The average molecular weight is 315 g/mol. The summed E-state index contributed by atoms with van der Waals surface area (Å²) in [7, 11) is -3.40. The Morgan fingerprint density at radius 3 is 2.19 bits per heavy atom. The van der Waals surface area contributed by atoms with Crippen LogP contribution < -0.4 is 0 Å². The molecule has 0 amide bonds. The van der Waals surface area contributed by atoms with Crippen molar-refractivity contribution in [3.8, 4) is 10.6 Å². The maximum Gasteiger partial charge on any atom is 0.200 e. The van der Waals surface area contributed by atoms with Gasteiger partial charge >= 0.3 is 0 Å². The maximum absolute atomic E-state index is 12.4. The summed E-state index contributed by atoms with van der Waals surface area (Å²) in [6.07, 6.45) is 0. The molecule has 2 aromatic carbocycles. The fraction of sp³-hybridized carbons (Fsp3) is 0.0625. The van der Waals surface area contributed by atoms with Crippen molar-refractivity contribution in [1.82, 2.24) is 4.98 Å². The molecule has 0 spiro atoms. The van der Waals surface area contributed by atoms with Gasteiger partial charge in [0.2, 0.25) is 9.84 Å². The average Bonchev–Trinajstić information content (AvgIpc) is 2.99. The van der Waals surface area contributed by atoms with Crippen molar-refractivity contribution >= 4 is 21.2 Å². The molecule has 0 saturated heterocycles. The van der Waals surface area contributed by atoms with Gasteiger partial charge in [-0.1, -0.05) is 60.7 Å². The molecule has 5 heteroatoms. The molecule has 3 rings (SSSR count). The van der Waals surface area contributed by atoms with Gasteiger partial charge in [-0.2, -0.15) is 0 Å². The third-order valence-corrected chi connectivity index (χ3v) is 5.62. The lowest BCUT2D eigenvalue weighted by molar-refractivity contribution is 0.592. The van der Waals surface area contributed by atoms with Crippen molar-refractivity contribution in [3.63, 3.8) is 0 Å². The number of benzene rings is 2. The minimum atomic E-state index is -3.40. The Morgan fingerprint density at radius 1 is 0.905 bits per heavy atom. The number of thiazole rings is 1. The minimum absolute atomic E-state index is 0.0220. The van der Waals surface area contributed by atoms with Crippen LogP contribution in [0.4, 0.5) is 0 Å². The number of sulfone groups is 1. The Balaban J connectivity index is 1.89. The highest BCUT2D eigenvalue weighted by Crippen LogP contribution is 2.26. The van der Waals surface area contributed by atoms with E-state index >= 15 is 0 Å². The Kier molecular flexibility index (Phi) is 3.86. The molecule has 1 aromatic heterocycles. The molecule has 0 aliphatic rings.